The molecule has 0 saturated carbocycles. The number of benzene rings is 2. The van der Waals surface area contributed by atoms with E-state index in [0.717, 1.165) is 22.5 Å². The monoisotopic (exact) mass is 407 g/mol. The van der Waals surface area contributed by atoms with Gasteiger partial charge in [-0.15, -0.1) is 0 Å². The summed E-state index contributed by atoms with van der Waals surface area (Å²) in [6.45, 7) is 6.97. The molecule has 0 unspecified atom stereocenters. The van der Waals surface area contributed by atoms with Gasteiger partial charge in [0.15, 0.2) is 13.2 Å². The molecule has 2 aromatic carbocycles. The molecular formula is C23H25N3O4. The average Bonchev–Trinajstić information content (AvgIpc) is 2.99. The van der Waals surface area contributed by atoms with Crippen molar-refractivity contribution in [3.05, 3.63) is 71.0 Å². The summed E-state index contributed by atoms with van der Waals surface area (Å²) in [4.78, 5) is 24.1. The molecule has 0 fully saturated rings. The first kappa shape index (κ1) is 21.1. The number of esters is 1. The Balaban J connectivity index is 1.54. The number of aromatic nitrogens is 2. The summed E-state index contributed by atoms with van der Waals surface area (Å²) in [5, 5.41) is 7.28. The van der Waals surface area contributed by atoms with Gasteiger partial charge < -0.3 is 14.8 Å². The highest BCUT2D eigenvalue weighted by Crippen LogP contribution is 2.23. The largest absolute Gasteiger partial charge is 0.482 e. The molecule has 30 heavy (non-hydrogen) atoms. The van der Waals surface area contributed by atoms with Gasteiger partial charge in [-0.2, -0.15) is 5.10 Å². The number of nitrogens with zero attached hydrogens (tertiary/aromatic N) is 2. The standard InChI is InChI=1S/C23H25N3O4/c1-15-8-10-19(11-9-15)26-18(4)23(17(3)25-26)24-21(27)13-30-22(28)14-29-20-7-5-6-16(2)12-20/h5-12H,13-14H2,1-4H3,(H,24,27). The predicted molar refractivity (Wildman–Crippen MR) is 114 cm³/mol. The Kier molecular flexibility index (Phi) is 6.51. The molecule has 0 saturated heterocycles. The number of aryl methyl sites for hydroxylation is 3. The van der Waals surface area contributed by atoms with Crippen LogP contribution in [0.5, 0.6) is 5.75 Å². The van der Waals surface area contributed by atoms with Crippen LogP contribution in [0.4, 0.5) is 5.69 Å². The number of carbonyl (C=O) groups excluding carboxylic acids is 2. The molecule has 0 radical (unpaired) electrons. The minimum absolute atomic E-state index is 0.264. The quantitative estimate of drug-likeness (QED) is 0.605. The summed E-state index contributed by atoms with van der Waals surface area (Å²) >= 11 is 0. The summed E-state index contributed by atoms with van der Waals surface area (Å²) in [5.74, 6) is -0.477. The van der Waals surface area contributed by atoms with Crippen molar-refractivity contribution in [3.63, 3.8) is 0 Å². The van der Waals surface area contributed by atoms with Gasteiger partial charge in [0.2, 0.25) is 0 Å². The summed E-state index contributed by atoms with van der Waals surface area (Å²) in [5.41, 5.74) is 5.16. The molecule has 1 aromatic heterocycles. The molecule has 0 atom stereocenters. The number of amides is 1. The van der Waals surface area contributed by atoms with Gasteiger partial charge >= 0.3 is 5.97 Å². The van der Waals surface area contributed by atoms with E-state index >= 15 is 0 Å². The van der Waals surface area contributed by atoms with Crippen molar-refractivity contribution in [2.75, 3.05) is 18.5 Å². The SMILES string of the molecule is Cc1ccc(-n2nc(C)c(NC(=O)COC(=O)COc3cccc(C)c3)c2C)cc1. The van der Waals surface area contributed by atoms with Crippen LogP contribution in [0.15, 0.2) is 48.5 Å². The van der Waals surface area contributed by atoms with Crippen LogP contribution in [0.1, 0.15) is 22.5 Å². The molecule has 3 rings (SSSR count). The van der Waals surface area contributed by atoms with Gasteiger partial charge in [-0.1, -0.05) is 29.8 Å². The average molecular weight is 407 g/mol. The molecule has 7 nitrogen and oxygen atoms in total. The van der Waals surface area contributed by atoms with E-state index in [9.17, 15) is 9.59 Å². The molecule has 1 amide bonds. The Labute approximate surface area is 175 Å². The molecule has 0 aliphatic carbocycles. The number of carbonyl (C=O) groups is 2. The molecule has 1 heterocycles. The molecule has 3 aromatic rings. The second-order valence-corrected chi connectivity index (χ2v) is 7.11. The maximum absolute atomic E-state index is 12.3. The van der Waals surface area contributed by atoms with Crippen molar-refractivity contribution in [1.29, 1.82) is 0 Å². The van der Waals surface area contributed by atoms with Crippen molar-refractivity contribution in [3.8, 4) is 11.4 Å². The zero-order chi connectivity index (χ0) is 21.7. The Bertz CT molecular complexity index is 1050. The van der Waals surface area contributed by atoms with Crippen LogP contribution in [-0.2, 0) is 14.3 Å². The van der Waals surface area contributed by atoms with Crippen LogP contribution in [0.2, 0.25) is 0 Å². The highest BCUT2D eigenvalue weighted by Gasteiger charge is 2.16. The van der Waals surface area contributed by atoms with Crippen LogP contribution >= 0.6 is 0 Å². The fourth-order valence-electron chi connectivity index (χ4n) is 2.97. The second kappa shape index (κ2) is 9.26. The van der Waals surface area contributed by atoms with E-state index in [0.29, 0.717) is 17.1 Å². The lowest BCUT2D eigenvalue weighted by Crippen LogP contribution is -2.24. The Morgan fingerprint density at radius 1 is 0.967 bits per heavy atom. The number of rotatable bonds is 7. The van der Waals surface area contributed by atoms with E-state index < -0.39 is 18.5 Å². The minimum atomic E-state index is -0.615. The van der Waals surface area contributed by atoms with Crippen LogP contribution in [0.3, 0.4) is 0 Å². The van der Waals surface area contributed by atoms with Gasteiger partial charge in [0.1, 0.15) is 5.75 Å². The summed E-state index contributed by atoms with van der Waals surface area (Å²) in [7, 11) is 0. The second-order valence-electron chi connectivity index (χ2n) is 7.11. The van der Waals surface area contributed by atoms with Crippen LogP contribution in [0, 0.1) is 27.7 Å². The molecular weight excluding hydrogens is 382 g/mol. The molecule has 0 bridgehead atoms. The first-order chi connectivity index (χ1) is 14.3. The number of hydrogen-bond donors (Lipinski definition) is 1. The van der Waals surface area contributed by atoms with E-state index in [4.69, 9.17) is 9.47 Å². The summed E-state index contributed by atoms with van der Waals surface area (Å²) in [6.07, 6.45) is 0. The number of anilines is 1. The van der Waals surface area contributed by atoms with E-state index in [1.165, 1.54) is 0 Å². The summed E-state index contributed by atoms with van der Waals surface area (Å²) < 4.78 is 12.2. The molecule has 7 heteroatoms. The maximum atomic E-state index is 12.3. The maximum Gasteiger partial charge on any atom is 0.344 e. The minimum Gasteiger partial charge on any atom is -0.482 e. The third-order valence-corrected chi connectivity index (χ3v) is 4.54. The van der Waals surface area contributed by atoms with Crippen molar-refractivity contribution in [2.45, 2.75) is 27.7 Å². The van der Waals surface area contributed by atoms with Gasteiger partial charge in [0.25, 0.3) is 5.91 Å². The fourth-order valence-corrected chi connectivity index (χ4v) is 2.97. The van der Waals surface area contributed by atoms with Gasteiger partial charge in [-0.25, -0.2) is 9.48 Å². The lowest BCUT2D eigenvalue weighted by Gasteiger charge is -2.09. The topological polar surface area (TPSA) is 82.5 Å². The number of hydrogen-bond acceptors (Lipinski definition) is 5. The smallest absolute Gasteiger partial charge is 0.344 e. The normalized spacial score (nSPS) is 10.5. The first-order valence-corrected chi connectivity index (χ1v) is 9.61. The van der Waals surface area contributed by atoms with E-state index in [2.05, 4.69) is 10.4 Å². The zero-order valence-corrected chi connectivity index (χ0v) is 17.6. The molecule has 0 aliphatic rings. The lowest BCUT2D eigenvalue weighted by atomic mass is 10.2. The molecule has 156 valence electrons. The van der Waals surface area contributed by atoms with Crippen LogP contribution < -0.4 is 10.1 Å². The third-order valence-electron chi connectivity index (χ3n) is 4.54. The Morgan fingerprint density at radius 3 is 2.40 bits per heavy atom. The van der Waals surface area contributed by atoms with Crippen molar-refractivity contribution in [1.82, 2.24) is 9.78 Å². The lowest BCUT2D eigenvalue weighted by molar-refractivity contribution is -0.149. The molecule has 0 spiro atoms. The number of nitrogens with one attached hydrogen (secondary N) is 1. The van der Waals surface area contributed by atoms with Gasteiger partial charge in [-0.05, 0) is 57.5 Å². The first-order valence-electron chi connectivity index (χ1n) is 9.61. The van der Waals surface area contributed by atoms with Crippen molar-refractivity contribution in [2.24, 2.45) is 0 Å². The third kappa shape index (κ3) is 5.26. The Hall–Kier alpha value is -3.61. The van der Waals surface area contributed by atoms with Crippen LogP contribution in [-0.4, -0.2) is 34.9 Å². The van der Waals surface area contributed by atoms with Gasteiger partial charge in [-0.3, -0.25) is 4.79 Å². The predicted octanol–water partition coefficient (Wildman–Crippen LogP) is 3.67. The highest BCUT2D eigenvalue weighted by molar-refractivity contribution is 5.94. The highest BCUT2D eigenvalue weighted by atomic mass is 16.6. The van der Waals surface area contributed by atoms with Crippen molar-refractivity contribution < 1.29 is 19.1 Å². The molecule has 0 aliphatic heterocycles. The van der Waals surface area contributed by atoms with Crippen molar-refractivity contribution >= 4 is 17.6 Å². The van der Waals surface area contributed by atoms with E-state index in [1.807, 2.05) is 70.2 Å². The van der Waals surface area contributed by atoms with Crippen LogP contribution in [0.25, 0.3) is 5.69 Å². The van der Waals surface area contributed by atoms with E-state index in [1.54, 1.807) is 10.7 Å². The van der Waals surface area contributed by atoms with Gasteiger partial charge in [0.05, 0.1) is 22.8 Å². The number of ether oxygens (including phenoxy) is 2. The zero-order valence-electron chi connectivity index (χ0n) is 17.6. The van der Waals surface area contributed by atoms with Gasteiger partial charge in [0, 0.05) is 0 Å². The van der Waals surface area contributed by atoms with E-state index in [-0.39, 0.29) is 6.61 Å². The Morgan fingerprint density at radius 2 is 1.70 bits per heavy atom. The fraction of sp³-hybridized carbons (Fsp3) is 0.261. The molecule has 1 N–H and O–H groups in total. The summed E-state index contributed by atoms with van der Waals surface area (Å²) in [6, 6.07) is 15.3.